The summed E-state index contributed by atoms with van der Waals surface area (Å²) in [5, 5.41) is 1.07. The Labute approximate surface area is 138 Å². The highest BCUT2D eigenvalue weighted by atomic mass is 35.5. The van der Waals surface area contributed by atoms with Gasteiger partial charge in [-0.05, 0) is 48.7 Å². The Hall–Kier alpha value is -2.33. The number of fused-ring (bicyclic) bond motifs is 2. The van der Waals surface area contributed by atoms with E-state index in [1.54, 1.807) is 18.2 Å². The summed E-state index contributed by atoms with van der Waals surface area (Å²) in [6.07, 6.45) is 1.03. The lowest BCUT2D eigenvalue weighted by Gasteiger charge is -2.19. The SMILES string of the molecule is Cc1ccc2c(c1)N(Cc1nc3ccc(Cl)cc3c(=O)[nH]1)CC2. The molecule has 0 saturated heterocycles. The third-order valence-corrected chi connectivity index (χ3v) is 4.52. The van der Waals surface area contributed by atoms with Crippen LogP contribution < -0.4 is 10.5 Å². The maximum Gasteiger partial charge on any atom is 0.258 e. The number of hydrogen-bond acceptors (Lipinski definition) is 3. The second-order valence-corrected chi connectivity index (χ2v) is 6.41. The molecule has 0 spiro atoms. The smallest absolute Gasteiger partial charge is 0.258 e. The number of H-pyrrole nitrogens is 1. The fraction of sp³-hybridized carbons (Fsp3) is 0.222. The fourth-order valence-corrected chi connectivity index (χ4v) is 3.31. The van der Waals surface area contributed by atoms with Crippen molar-refractivity contribution in [2.45, 2.75) is 19.9 Å². The molecule has 0 aliphatic carbocycles. The van der Waals surface area contributed by atoms with Gasteiger partial charge in [-0.2, -0.15) is 0 Å². The third-order valence-electron chi connectivity index (χ3n) is 4.29. The van der Waals surface area contributed by atoms with Crippen LogP contribution in [0, 0.1) is 6.92 Å². The minimum atomic E-state index is -0.142. The minimum Gasteiger partial charge on any atom is -0.363 e. The number of aromatic nitrogens is 2. The van der Waals surface area contributed by atoms with Gasteiger partial charge < -0.3 is 9.88 Å². The summed E-state index contributed by atoms with van der Waals surface area (Å²) in [4.78, 5) is 22.0. The molecule has 0 atom stereocenters. The first-order valence-corrected chi connectivity index (χ1v) is 8.01. The summed E-state index contributed by atoms with van der Waals surface area (Å²) >= 11 is 5.95. The number of hydrogen-bond donors (Lipinski definition) is 1. The molecule has 0 amide bonds. The first kappa shape index (κ1) is 14.3. The Morgan fingerprint density at radius 2 is 2.13 bits per heavy atom. The van der Waals surface area contributed by atoms with Crippen molar-refractivity contribution in [3.63, 3.8) is 0 Å². The Morgan fingerprint density at radius 1 is 1.26 bits per heavy atom. The van der Waals surface area contributed by atoms with Crippen LogP contribution in [-0.2, 0) is 13.0 Å². The standard InChI is InChI=1S/C18H16ClN3O/c1-11-2-3-12-6-7-22(16(12)8-11)10-17-20-15-5-4-13(19)9-14(15)18(23)21-17/h2-5,8-9H,6-7,10H2,1H3,(H,20,21,23). The van der Waals surface area contributed by atoms with E-state index in [2.05, 4.69) is 40.0 Å². The van der Waals surface area contributed by atoms with E-state index in [4.69, 9.17) is 11.6 Å². The van der Waals surface area contributed by atoms with Gasteiger partial charge in [0.15, 0.2) is 0 Å². The predicted octanol–water partition coefficient (Wildman–Crippen LogP) is 3.45. The molecule has 2 heterocycles. The summed E-state index contributed by atoms with van der Waals surface area (Å²) in [6.45, 7) is 3.64. The molecule has 2 aromatic carbocycles. The molecule has 1 N–H and O–H groups in total. The zero-order valence-corrected chi connectivity index (χ0v) is 13.5. The second kappa shape index (κ2) is 5.39. The van der Waals surface area contributed by atoms with Crippen molar-refractivity contribution in [1.29, 1.82) is 0 Å². The van der Waals surface area contributed by atoms with E-state index in [1.807, 2.05) is 0 Å². The number of nitrogens with one attached hydrogen (secondary N) is 1. The third kappa shape index (κ3) is 2.59. The monoisotopic (exact) mass is 325 g/mol. The van der Waals surface area contributed by atoms with Crippen molar-refractivity contribution in [2.75, 3.05) is 11.4 Å². The van der Waals surface area contributed by atoms with Crippen molar-refractivity contribution >= 4 is 28.2 Å². The number of aryl methyl sites for hydroxylation is 1. The van der Waals surface area contributed by atoms with Crippen LogP contribution in [0.1, 0.15) is 17.0 Å². The van der Waals surface area contributed by atoms with Gasteiger partial charge in [0.05, 0.1) is 17.4 Å². The normalized spacial score (nSPS) is 13.6. The molecule has 0 unspecified atom stereocenters. The number of aromatic amines is 1. The van der Waals surface area contributed by atoms with E-state index in [-0.39, 0.29) is 5.56 Å². The lowest BCUT2D eigenvalue weighted by molar-refractivity contribution is 0.786. The van der Waals surface area contributed by atoms with Gasteiger partial charge in [-0.3, -0.25) is 4.79 Å². The maximum absolute atomic E-state index is 12.3. The van der Waals surface area contributed by atoms with Crippen LogP contribution in [0.2, 0.25) is 5.02 Å². The van der Waals surface area contributed by atoms with E-state index < -0.39 is 0 Å². The molecular formula is C18H16ClN3O. The molecule has 0 bridgehead atoms. The van der Waals surface area contributed by atoms with Crippen molar-refractivity contribution in [3.8, 4) is 0 Å². The molecule has 0 fully saturated rings. The first-order valence-electron chi connectivity index (χ1n) is 7.63. The number of rotatable bonds is 2. The highest BCUT2D eigenvalue weighted by Crippen LogP contribution is 2.29. The van der Waals surface area contributed by atoms with Gasteiger partial charge in [-0.25, -0.2) is 4.98 Å². The van der Waals surface area contributed by atoms with Gasteiger partial charge >= 0.3 is 0 Å². The molecule has 23 heavy (non-hydrogen) atoms. The summed E-state index contributed by atoms with van der Waals surface area (Å²) in [5.41, 5.74) is 4.37. The summed E-state index contributed by atoms with van der Waals surface area (Å²) < 4.78 is 0. The number of nitrogens with zero attached hydrogens (tertiary/aromatic N) is 2. The molecular weight excluding hydrogens is 310 g/mol. The fourth-order valence-electron chi connectivity index (χ4n) is 3.13. The lowest BCUT2D eigenvalue weighted by atomic mass is 10.1. The molecule has 1 aliphatic rings. The van der Waals surface area contributed by atoms with Gasteiger partial charge in [-0.15, -0.1) is 0 Å². The van der Waals surface area contributed by atoms with E-state index in [0.29, 0.717) is 28.3 Å². The van der Waals surface area contributed by atoms with Crippen molar-refractivity contribution in [3.05, 3.63) is 68.7 Å². The highest BCUT2D eigenvalue weighted by molar-refractivity contribution is 6.31. The average Bonchev–Trinajstić information content (AvgIpc) is 2.90. The number of halogens is 1. The van der Waals surface area contributed by atoms with Crippen LogP contribution >= 0.6 is 11.6 Å². The summed E-state index contributed by atoms with van der Waals surface area (Å²) in [6, 6.07) is 11.7. The van der Waals surface area contributed by atoms with E-state index in [0.717, 1.165) is 13.0 Å². The first-order chi connectivity index (χ1) is 11.1. The van der Waals surface area contributed by atoms with Crippen LogP contribution in [0.15, 0.2) is 41.2 Å². The number of benzene rings is 2. The van der Waals surface area contributed by atoms with Crippen LogP contribution in [0.4, 0.5) is 5.69 Å². The highest BCUT2D eigenvalue weighted by Gasteiger charge is 2.20. The molecule has 1 aromatic heterocycles. The van der Waals surface area contributed by atoms with Gasteiger partial charge in [0.2, 0.25) is 0 Å². The van der Waals surface area contributed by atoms with Gasteiger partial charge in [0, 0.05) is 17.3 Å². The maximum atomic E-state index is 12.3. The van der Waals surface area contributed by atoms with E-state index in [9.17, 15) is 4.79 Å². The lowest BCUT2D eigenvalue weighted by Crippen LogP contribution is -2.23. The molecule has 116 valence electrons. The molecule has 0 radical (unpaired) electrons. The van der Waals surface area contributed by atoms with Crippen LogP contribution in [0.5, 0.6) is 0 Å². The zero-order valence-electron chi connectivity index (χ0n) is 12.8. The van der Waals surface area contributed by atoms with E-state index >= 15 is 0 Å². The zero-order chi connectivity index (χ0) is 16.0. The number of anilines is 1. The summed E-state index contributed by atoms with van der Waals surface area (Å²) in [5.74, 6) is 0.680. The summed E-state index contributed by atoms with van der Waals surface area (Å²) in [7, 11) is 0. The largest absolute Gasteiger partial charge is 0.363 e. The second-order valence-electron chi connectivity index (χ2n) is 5.98. The molecule has 0 saturated carbocycles. The van der Waals surface area contributed by atoms with Crippen LogP contribution in [0.3, 0.4) is 0 Å². The van der Waals surface area contributed by atoms with Crippen LogP contribution in [-0.4, -0.2) is 16.5 Å². The van der Waals surface area contributed by atoms with Gasteiger partial charge in [0.25, 0.3) is 5.56 Å². The quantitative estimate of drug-likeness (QED) is 0.785. The molecule has 4 rings (SSSR count). The minimum absolute atomic E-state index is 0.142. The predicted molar refractivity (Wildman–Crippen MR) is 93.3 cm³/mol. The average molecular weight is 326 g/mol. The van der Waals surface area contributed by atoms with Crippen molar-refractivity contribution in [2.24, 2.45) is 0 Å². The molecule has 4 nitrogen and oxygen atoms in total. The van der Waals surface area contributed by atoms with Crippen molar-refractivity contribution in [1.82, 2.24) is 9.97 Å². The van der Waals surface area contributed by atoms with Gasteiger partial charge in [-0.1, -0.05) is 23.7 Å². The Balaban J connectivity index is 1.71. The van der Waals surface area contributed by atoms with Crippen molar-refractivity contribution < 1.29 is 0 Å². The molecule has 5 heteroatoms. The molecule has 1 aliphatic heterocycles. The molecule has 3 aromatic rings. The van der Waals surface area contributed by atoms with E-state index in [1.165, 1.54) is 16.8 Å². The topological polar surface area (TPSA) is 49.0 Å². The van der Waals surface area contributed by atoms with Gasteiger partial charge in [0.1, 0.15) is 5.82 Å². The Morgan fingerprint density at radius 3 is 3.00 bits per heavy atom. The Kier molecular flexibility index (Phi) is 3.34. The Bertz CT molecular complexity index is 964. The van der Waals surface area contributed by atoms with Crippen LogP contribution in [0.25, 0.3) is 10.9 Å².